The quantitative estimate of drug-likeness (QED) is 0.372. The van der Waals surface area contributed by atoms with E-state index in [4.69, 9.17) is 10.5 Å². The molecule has 1 fully saturated rings. The molecule has 37 heavy (non-hydrogen) atoms. The number of halogens is 3. The number of aromatic nitrogens is 3. The number of sulfonamides is 1. The molecule has 2 aromatic carbocycles. The van der Waals surface area contributed by atoms with Gasteiger partial charge < -0.3 is 15.4 Å². The van der Waals surface area contributed by atoms with Gasteiger partial charge in [0.25, 0.3) is 10.0 Å². The SMILES string of the molecule is Nc1nccc(-c2sc(N3CCOCC3)nc2-c2cccc(NS(=O)(=O)c3cc(F)ccc3F)c2F)n1. The molecule has 0 radical (unpaired) electrons. The Morgan fingerprint density at radius 1 is 1.05 bits per heavy atom. The molecule has 192 valence electrons. The Kier molecular flexibility index (Phi) is 6.70. The van der Waals surface area contributed by atoms with Crippen molar-refractivity contribution >= 4 is 38.1 Å². The van der Waals surface area contributed by atoms with Crippen LogP contribution in [0.5, 0.6) is 0 Å². The summed E-state index contributed by atoms with van der Waals surface area (Å²) in [6, 6.07) is 7.61. The van der Waals surface area contributed by atoms with Crippen LogP contribution < -0.4 is 15.4 Å². The minimum atomic E-state index is -4.65. The lowest BCUT2D eigenvalue weighted by Gasteiger charge is -2.26. The number of hydrogen-bond acceptors (Lipinski definition) is 9. The van der Waals surface area contributed by atoms with E-state index in [2.05, 4.69) is 15.0 Å². The molecule has 0 saturated carbocycles. The van der Waals surface area contributed by atoms with Crippen LogP contribution in [0.1, 0.15) is 0 Å². The number of hydrogen-bond donors (Lipinski definition) is 2. The van der Waals surface area contributed by atoms with Crippen LogP contribution in [0.2, 0.25) is 0 Å². The van der Waals surface area contributed by atoms with Crippen molar-refractivity contribution in [3.05, 3.63) is 66.1 Å². The number of thiazole rings is 1. The van der Waals surface area contributed by atoms with Crippen molar-refractivity contribution < 1.29 is 26.3 Å². The van der Waals surface area contributed by atoms with Gasteiger partial charge in [-0.3, -0.25) is 4.72 Å². The zero-order chi connectivity index (χ0) is 26.2. The largest absolute Gasteiger partial charge is 0.378 e. The molecule has 0 aliphatic carbocycles. The Morgan fingerprint density at radius 3 is 2.59 bits per heavy atom. The third-order valence-corrected chi connectivity index (χ3v) is 8.00. The number of ether oxygens (including phenoxy) is 1. The van der Waals surface area contributed by atoms with Gasteiger partial charge in [0.15, 0.2) is 10.9 Å². The summed E-state index contributed by atoms with van der Waals surface area (Å²) in [5, 5.41) is 0.595. The standard InChI is InChI=1S/C23H19F3N6O3S2/c24-13-4-5-15(25)18(12-13)37(33,34)31-16-3-1-2-14(19(16)26)20-21(17-6-7-28-22(27)29-17)36-23(30-20)32-8-10-35-11-9-32/h1-7,12,31H,8-11H2,(H2,27,28,29). The van der Waals surface area contributed by atoms with Crippen LogP contribution in [0.4, 0.5) is 29.9 Å². The number of nitrogens with two attached hydrogens (primary N) is 1. The zero-order valence-corrected chi connectivity index (χ0v) is 20.6. The molecule has 9 nitrogen and oxygen atoms in total. The highest BCUT2D eigenvalue weighted by Crippen LogP contribution is 2.42. The summed E-state index contributed by atoms with van der Waals surface area (Å²) in [5.74, 6) is -3.07. The molecular formula is C23H19F3N6O3S2. The molecule has 1 aliphatic heterocycles. The van der Waals surface area contributed by atoms with E-state index in [1.165, 1.54) is 35.7 Å². The van der Waals surface area contributed by atoms with Crippen LogP contribution in [0.15, 0.2) is 53.6 Å². The van der Waals surface area contributed by atoms with E-state index in [1.807, 2.05) is 9.62 Å². The number of rotatable bonds is 6. The first-order chi connectivity index (χ1) is 17.7. The van der Waals surface area contributed by atoms with Gasteiger partial charge in [-0.25, -0.2) is 36.5 Å². The molecule has 1 aliphatic rings. The summed E-state index contributed by atoms with van der Waals surface area (Å²) in [6.07, 6.45) is 1.46. The summed E-state index contributed by atoms with van der Waals surface area (Å²) in [6.45, 7) is 2.18. The molecule has 3 N–H and O–H groups in total. The van der Waals surface area contributed by atoms with Crippen LogP contribution in [-0.2, 0) is 14.8 Å². The summed E-state index contributed by atoms with van der Waals surface area (Å²) in [4.78, 5) is 14.3. The van der Waals surface area contributed by atoms with Gasteiger partial charge >= 0.3 is 0 Å². The van der Waals surface area contributed by atoms with Gasteiger partial charge in [0, 0.05) is 24.8 Å². The Balaban J connectivity index is 1.59. The topological polar surface area (TPSA) is 123 Å². The second-order valence-electron chi connectivity index (χ2n) is 7.92. The van der Waals surface area contributed by atoms with Gasteiger partial charge in [-0.1, -0.05) is 17.4 Å². The summed E-state index contributed by atoms with van der Waals surface area (Å²) >= 11 is 1.27. The van der Waals surface area contributed by atoms with Crippen molar-refractivity contribution in [2.45, 2.75) is 4.90 Å². The van der Waals surface area contributed by atoms with E-state index in [0.29, 0.717) is 54.1 Å². The fourth-order valence-corrected chi connectivity index (χ4v) is 5.98. The van der Waals surface area contributed by atoms with Crippen molar-refractivity contribution in [2.75, 3.05) is 41.7 Å². The highest BCUT2D eigenvalue weighted by molar-refractivity contribution is 7.92. The molecule has 3 heterocycles. The molecule has 2 aromatic heterocycles. The van der Waals surface area contributed by atoms with Gasteiger partial charge in [-0.05, 0) is 36.4 Å². The summed E-state index contributed by atoms with van der Waals surface area (Å²) in [7, 11) is -4.65. The molecular weight excluding hydrogens is 529 g/mol. The molecule has 0 unspecified atom stereocenters. The minimum absolute atomic E-state index is 0.0175. The third-order valence-electron chi connectivity index (χ3n) is 5.49. The Labute approximate surface area is 213 Å². The van der Waals surface area contributed by atoms with Crippen LogP contribution in [0.3, 0.4) is 0 Å². The summed E-state index contributed by atoms with van der Waals surface area (Å²) in [5.41, 5.74) is 5.89. The normalized spacial score (nSPS) is 14.1. The third kappa shape index (κ3) is 5.08. The second-order valence-corrected chi connectivity index (χ2v) is 10.5. The maximum Gasteiger partial charge on any atom is 0.265 e. The van der Waals surface area contributed by atoms with E-state index >= 15 is 4.39 Å². The highest BCUT2D eigenvalue weighted by Gasteiger charge is 2.26. The van der Waals surface area contributed by atoms with E-state index in [9.17, 15) is 17.2 Å². The lowest BCUT2D eigenvalue weighted by atomic mass is 10.1. The zero-order valence-electron chi connectivity index (χ0n) is 19.0. The number of nitrogens with zero attached hydrogens (tertiary/aromatic N) is 4. The molecule has 14 heteroatoms. The number of benzene rings is 2. The minimum Gasteiger partial charge on any atom is -0.378 e. The highest BCUT2D eigenvalue weighted by atomic mass is 32.2. The Hall–Kier alpha value is -3.75. The van der Waals surface area contributed by atoms with Crippen molar-refractivity contribution in [1.82, 2.24) is 15.0 Å². The molecule has 1 saturated heterocycles. The van der Waals surface area contributed by atoms with E-state index in [-0.39, 0.29) is 17.2 Å². The van der Waals surface area contributed by atoms with E-state index in [0.717, 1.165) is 6.07 Å². The van der Waals surface area contributed by atoms with Gasteiger partial charge in [-0.2, -0.15) is 0 Å². The number of nitrogens with one attached hydrogen (secondary N) is 1. The predicted molar refractivity (Wildman–Crippen MR) is 133 cm³/mol. The van der Waals surface area contributed by atoms with Crippen molar-refractivity contribution in [1.29, 1.82) is 0 Å². The van der Waals surface area contributed by atoms with Crippen LogP contribution >= 0.6 is 11.3 Å². The van der Waals surface area contributed by atoms with Crippen molar-refractivity contribution in [2.24, 2.45) is 0 Å². The van der Waals surface area contributed by atoms with Crippen molar-refractivity contribution in [3.63, 3.8) is 0 Å². The van der Waals surface area contributed by atoms with Gasteiger partial charge in [0.2, 0.25) is 5.95 Å². The summed E-state index contributed by atoms with van der Waals surface area (Å²) < 4.78 is 76.5. The molecule has 0 atom stereocenters. The van der Waals surface area contributed by atoms with Crippen LogP contribution in [0, 0.1) is 17.5 Å². The van der Waals surface area contributed by atoms with Gasteiger partial charge in [0.1, 0.15) is 16.5 Å². The first-order valence-corrected chi connectivity index (χ1v) is 13.2. The Morgan fingerprint density at radius 2 is 1.84 bits per heavy atom. The lowest BCUT2D eigenvalue weighted by molar-refractivity contribution is 0.122. The molecule has 0 amide bonds. The number of anilines is 3. The fourth-order valence-electron chi connectivity index (χ4n) is 3.73. The van der Waals surface area contributed by atoms with E-state index in [1.54, 1.807) is 6.07 Å². The molecule has 4 aromatic rings. The van der Waals surface area contributed by atoms with Gasteiger partial charge in [-0.15, -0.1) is 0 Å². The van der Waals surface area contributed by atoms with Crippen LogP contribution in [0.25, 0.3) is 21.8 Å². The lowest BCUT2D eigenvalue weighted by Crippen LogP contribution is -2.36. The first kappa shape index (κ1) is 24.9. The second kappa shape index (κ2) is 9.95. The molecule has 5 rings (SSSR count). The molecule has 0 spiro atoms. The van der Waals surface area contributed by atoms with E-state index < -0.39 is 38.1 Å². The molecule has 0 bridgehead atoms. The Bertz CT molecular complexity index is 1580. The van der Waals surface area contributed by atoms with Gasteiger partial charge in [0.05, 0.1) is 35.2 Å². The maximum atomic E-state index is 15.8. The monoisotopic (exact) mass is 548 g/mol. The van der Waals surface area contributed by atoms with Crippen LogP contribution in [-0.4, -0.2) is 49.7 Å². The number of morpholine rings is 1. The maximum absolute atomic E-state index is 15.8. The first-order valence-electron chi connectivity index (χ1n) is 10.9. The predicted octanol–water partition coefficient (Wildman–Crippen LogP) is 3.90. The average molecular weight is 549 g/mol. The van der Waals surface area contributed by atoms with Crippen molar-refractivity contribution in [3.8, 4) is 21.8 Å². The smallest absolute Gasteiger partial charge is 0.265 e. The fraction of sp³-hybridized carbons (Fsp3) is 0.174. The number of nitrogen functional groups attached to an aromatic ring is 1. The average Bonchev–Trinajstić information content (AvgIpc) is 3.32.